The summed E-state index contributed by atoms with van der Waals surface area (Å²) in [6.07, 6.45) is 0. The smallest absolute Gasteiger partial charge is 0.335 e. The van der Waals surface area contributed by atoms with E-state index in [2.05, 4.69) is 10.2 Å². The molecule has 0 unspecified atom stereocenters. The highest BCUT2D eigenvalue weighted by molar-refractivity contribution is 5.88. The van der Waals surface area contributed by atoms with Crippen LogP contribution in [0.1, 0.15) is 10.4 Å². The maximum absolute atomic E-state index is 10.6. The fourth-order valence-corrected chi connectivity index (χ4v) is 1.26. The summed E-state index contributed by atoms with van der Waals surface area (Å²) in [6, 6.07) is 6.11. The number of anilines is 1. The van der Waals surface area contributed by atoms with Crippen LogP contribution in [0.2, 0.25) is 0 Å². The molecule has 1 heterocycles. The monoisotopic (exact) mass is 219 g/mol. The average molecular weight is 219 g/mol. The van der Waals surface area contributed by atoms with Crippen LogP contribution in [0.5, 0.6) is 0 Å². The number of nitrogens with two attached hydrogens (primary N) is 2. The second-order valence-corrected chi connectivity index (χ2v) is 3.13. The molecule has 0 fully saturated rings. The highest BCUT2D eigenvalue weighted by Crippen LogP contribution is 2.17. The molecule has 2 rings (SSSR count). The summed E-state index contributed by atoms with van der Waals surface area (Å²) in [4.78, 5) is 10.6. The van der Waals surface area contributed by atoms with Gasteiger partial charge < -0.3 is 16.7 Å². The minimum Gasteiger partial charge on any atom is -0.478 e. The highest BCUT2D eigenvalue weighted by Gasteiger charge is 2.09. The maximum atomic E-state index is 10.6. The molecular weight excluding hydrogens is 210 g/mol. The third-order valence-corrected chi connectivity index (χ3v) is 2.11. The van der Waals surface area contributed by atoms with Crippen molar-refractivity contribution >= 4 is 11.9 Å². The minimum absolute atomic E-state index is 0.0947. The predicted octanol–water partition coefficient (Wildman–Crippen LogP) is -0.0607. The molecule has 0 bridgehead atoms. The highest BCUT2D eigenvalue weighted by atomic mass is 16.4. The zero-order valence-corrected chi connectivity index (χ0v) is 8.16. The molecule has 82 valence electrons. The maximum Gasteiger partial charge on any atom is 0.335 e. The van der Waals surface area contributed by atoms with Gasteiger partial charge in [-0.1, -0.05) is 12.1 Å². The van der Waals surface area contributed by atoms with Gasteiger partial charge in [-0.15, -0.1) is 10.2 Å². The normalized spacial score (nSPS) is 10.2. The zero-order chi connectivity index (χ0) is 11.7. The van der Waals surface area contributed by atoms with E-state index in [1.54, 1.807) is 12.1 Å². The van der Waals surface area contributed by atoms with E-state index in [1.165, 1.54) is 12.1 Å². The number of carboxylic acids is 1. The van der Waals surface area contributed by atoms with Crippen LogP contribution in [0.3, 0.4) is 0 Å². The van der Waals surface area contributed by atoms with Gasteiger partial charge in [-0.2, -0.15) is 0 Å². The van der Waals surface area contributed by atoms with E-state index in [0.717, 1.165) is 4.68 Å². The molecule has 7 nitrogen and oxygen atoms in total. The Kier molecular flexibility index (Phi) is 2.20. The van der Waals surface area contributed by atoms with Crippen LogP contribution < -0.4 is 11.6 Å². The Morgan fingerprint density at radius 2 is 1.88 bits per heavy atom. The van der Waals surface area contributed by atoms with E-state index >= 15 is 0 Å². The third-order valence-electron chi connectivity index (χ3n) is 2.11. The van der Waals surface area contributed by atoms with Gasteiger partial charge in [-0.05, 0) is 12.1 Å². The summed E-state index contributed by atoms with van der Waals surface area (Å²) in [6.45, 7) is 0. The van der Waals surface area contributed by atoms with Crippen molar-refractivity contribution in [2.75, 3.05) is 11.6 Å². The Labute approximate surface area is 90.3 Å². The van der Waals surface area contributed by atoms with Crippen LogP contribution in [0, 0.1) is 0 Å². The summed E-state index contributed by atoms with van der Waals surface area (Å²) in [5.74, 6) is 5.08. The van der Waals surface area contributed by atoms with Crippen LogP contribution >= 0.6 is 0 Å². The fourth-order valence-electron chi connectivity index (χ4n) is 1.26. The number of rotatable bonds is 2. The lowest BCUT2D eigenvalue weighted by molar-refractivity contribution is 0.0697. The molecule has 1 aromatic carbocycles. The largest absolute Gasteiger partial charge is 0.478 e. The average Bonchev–Trinajstić information content (AvgIpc) is 2.60. The van der Waals surface area contributed by atoms with E-state index in [4.69, 9.17) is 16.7 Å². The lowest BCUT2D eigenvalue weighted by Gasteiger charge is -2.01. The molecule has 0 aliphatic rings. The first-order chi connectivity index (χ1) is 7.59. The molecule has 2 aromatic rings. The first-order valence-electron chi connectivity index (χ1n) is 4.39. The lowest BCUT2D eigenvalue weighted by atomic mass is 10.1. The van der Waals surface area contributed by atoms with Gasteiger partial charge in [0.05, 0.1) is 5.56 Å². The molecule has 16 heavy (non-hydrogen) atoms. The van der Waals surface area contributed by atoms with Crippen LogP contribution in [0.4, 0.5) is 5.95 Å². The Balaban J connectivity index is 2.42. The molecule has 7 heteroatoms. The number of hydrogen-bond donors (Lipinski definition) is 3. The zero-order valence-electron chi connectivity index (χ0n) is 8.16. The SMILES string of the molecule is Nc1nnc(-c2ccc(C(=O)O)cc2)n1N. The van der Waals surface area contributed by atoms with Crippen molar-refractivity contribution in [1.82, 2.24) is 14.9 Å². The number of aromatic carboxylic acids is 1. The number of nitrogen functional groups attached to an aromatic ring is 2. The molecule has 0 saturated carbocycles. The summed E-state index contributed by atoms with van der Waals surface area (Å²) in [5.41, 5.74) is 6.27. The number of aromatic nitrogens is 3. The van der Waals surface area contributed by atoms with Crippen molar-refractivity contribution in [3.05, 3.63) is 29.8 Å². The van der Waals surface area contributed by atoms with Gasteiger partial charge in [0.1, 0.15) is 0 Å². The van der Waals surface area contributed by atoms with Crippen LogP contribution in [-0.2, 0) is 0 Å². The van der Waals surface area contributed by atoms with Crippen molar-refractivity contribution < 1.29 is 9.90 Å². The van der Waals surface area contributed by atoms with Crippen molar-refractivity contribution in [3.8, 4) is 11.4 Å². The molecule has 0 radical (unpaired) electrons. The van der Waals surface area contributed by atoms with E-state index in [-0.39, 0.29) is 11.5 Å². The summed E-state index contributed by atoms with van der Waals surface area (Å²) in [7, 11) is 0. The topological polar surface area (TPSA) is 120 Å². The van der Waals surface area contributed by atoms with Gasteiger partial charge in [-0.3, -0.25) is 0 Å². The number of carbonyl (C=O) groups is 1. The molecular formula is C9H9N5O2. The Hall–Kier alpha value is -2.57. The molecule has 0 aliphatic heterocycles. The van der Waals surface area contributed by atoms with Crippen molar-refractivity contribution in [2.45, 2.75) is 0 Å². The van der Waals surface area contributed by atoms with Gasteiger partial charge >= 0.3 is 5.97 Å². The Bertz CT molecular complexity index is 531. The second-order valence-electron chi connectivity index (χ2n) is 3.13. The van der Waals surface area contributed by atoms with Gasteiger partial charge in [-0.25, -0.2) is 9.47 Å². The third kappa shape index (κ3) is 1.54. The van der Waals surface area contributed by atoms with Gasteiger partial charge in [0.25, 0.3) is 0 Å². The standard InChI is InChI=1S/C9H9N5O2/c10-9-13-12-7(14(9)11)5-1-3-6(4-2-5)8(15)16/h1-4H,11H2,(H2,10,13)(H,15,16). The summed E-state index contributed by atoms with van der Waals surface area (Å²) in [5, 5.41) is 16.1. The van der Waals surface area contributed by atoms with E-state index in [1.807, 2.05) is 0 Å². The first-order valence-corrected chi connectivity index (χ1v) is 4.39. The lowest BCUT2D eigenvalue weighted by Crippen LogP contribution is -2.13. The van der Waals surface area contributed by atoms with Crippen LogP contribution in [0.15, 0.2) is 24.3 Å². The van der Waals surface area contributed by atoms with Gasteiger partial charge in [0, 0.05) is 5.56 Å². The molecule has 0 atom stereocenters. The van der Waals surface area contributed by atoms with Crippen molar-refractivity contribution in [3.63, 3.8) is 0 Å². The molecule has 0 amide bonds. The van der Waals surface area contributed by atoms with Crippen LogP contribution in [-0.4, -0.2) is 25.9 Å². The number of nitrogens with zero attached hydrogens (tertiary/aromatic N) is 3. The van der Waals surface area contributed by atoms with Gasteiger partial charge in [0.15, 0.2) is 5.82 Å². The number of hydrogen-bond acceptors (Lipinski definition) is 5. The summed E-state index contributed by atoms with van der Waals surface area (Å²) >= 11 is 0. The van der Waals surface area contributed by atoms with Crippen molar-refractivity contribution in [2.24, 2.45) is 0 Å². The Morgan fingerprint density at radius 3 is 2.31 bits per heavy atom. The predicted molar refractivity (Wildman–Crippen MR) is 57.0 cm³/mol. The molecule has 0 saturated heterocycles. The van der Waals surface area contributed by atoms with Crippen LogP contribution in [0.25, 0.3) is 11.4 Å². The molecule has 0 spiro atoms. The van der Waals surface area contributed by atoms with E-state index in [9.17, 15) is 4.79 Å². The molecule has 0 aliphatic carbocycles. The quantitative estimate of drug-likeness (QED) is 0.608. The molecule has 1 aromatic heterocycles. The second kappa shape index (κ2) is 3.54. The van der Waals surface area contributed by atoms with E-state index in [0.29, 0.717) is 11.4 Å². The molecule has 5 N–H and O–H groups in total. The van der Waals surface area contributed by atoms with Crippen molar-refractivity contribution in [1.29, 1.82) is 0 Å². The number of carboxylic acid groups (broad SMARTS) is 1. The first kappa shape index (κ1) is 9.97. The fraction of sp³-hybridized carbons (Fsp3) is 0. The minimum atomic E-state index is -0.986. The van der Waals surface area contributed by atoms with E-state index < -0.39 is 5.97 Å². The Morgan fingerprint density at radius 1 is 1.25 bits per heavy atom. The number of benzene rings is 1. The summed E-state index contributed by atoms with van der Waals surface area (Å²) < 4.78 is 1.13. The van der Waals surface area contributed by atoms with Gasteiger partial charge in [0.2, 0.25) is 5.95 Å².